The van der Waals surface area contributed by atoms with Crippen molar-refractivity contribution in [2.75, 3.05) is 4.90 Å². The summed E-state index contributed by atoms with van der Waals surface area (Å²) in [5, 5.41) is 0. The van der Waals surface area contributed by atoms with Gasteiger partial charge in [-0.15, -0.1) is 0 Å². The van der Waals surface area contributed by atoms with E-state index in [2.05, 4.69) is 220 Å². The van der Waals surface area contributed by atoms with E-state index >= 15 is 0 Å². The smallest absolute Gasteiger partial charge is 0.0464 e. The fourth-order valence-corrected chi connectivity index (χ4v) is 7.69. The fourth-order valence-electron chi connectivity index (χ4n) is 7.69. The second-order valence-electron chi connectivity index (χ2n) is 15.1. The van der Waals surface area contributed by atoms with E-state index in [1.54, 1.807) is 0 Å². The van der Waals surface area contributed by atoms with Crippen molar-refractivity contribution in [2.45, 2.75) is 46.5 Å². The minimum Gasteiger partial charge on any atom is -0.310 e. The summed E-state index contributed by atoms with van der Waals surface area (Å²) in [6.07, 6.45) is 13.8. The van der Waals surface area contributed by atoms with Gasteiger partial charge in [0.1, 0.15) is 0 Å². The molecule has 0 unspecified atom stereocenters. The van der Waals surface area contributed by atoms with Crippen LogP contribution in [-0.4, -0.2) is 0 Å². The molecule has 0 fully saturated rings. The molecule has 274 valence electrons. The Kier molecular flexibility index (Phi) is 11.0. The first-order chi connectivity index (χ1) is 27.5. The van der Waals surface area contributed by atoms with Gasteiger partial charge in [0, 0.05) is 17.1 Å². The third-order valence-electron chi connectivity index (χ3n) is 10.9. The number of hydrogen-bond donors (Lipinski definition) is 0. The van der Waals surface area contributed by atoms with Crippen LogP contribution in [0.1, 0.15) is 74.0 Å². The van der Waals surface area contributed by atoms with Gasteiger partial charge in [0.2, 0.25) is 0 Å². The van der Waals surface area contributed by atoms with Gasteiger partial charge in [0.05, 0.1) is 0 Å². The van der Waals surface area contributed by atoms with Crippen LogP contribution in [0.5, 0.6) is 0 Å². The Bertz CT molecular complexity index is 2430. The largest absolute Gasteiger partial charge is 0.310 e. The molecule has 56 heavy (non-hydrogen) atoms. The van der Waals surface area contributed by atoms with Gasteiger partial charge in [-0.05, 0) is 145 Å². The summed E-state index contributed by atoms with van der Waals surface area (Å²) in [5.41, 5.74) is 19.9. The van der Waals surface area contributed by atoms with Crippen molar-refractivity contribution in [3.63, 3.8) is 0 Å². The summed E-state index contributed by atoms with van der Waals surface area (Å²) in [5.74, 6) is 0. The lowest BCUT2D eigenvalue weighted by atomic mass is 9.91. The van der Waals surface area contributed by atoms with Crippen molar-refractivity contribution >= 4 is 40.4 Å². The predicted octanol–water partition coefficient (Wildman–Crippen LogP) is 14.7. The number of nitrogens with zero attached hydrogens (tertiary/aromatic N) is 1. The summed E-state index contributed by atoms with van der Waals surface area (Å²) in [6.45, 7) is 6.42. The Hall–Kier alpha value is -6.44. The standard InChI is InChI=1S/C55H49N/c1-40-16-26-47(27-17-40)54(46-12-5-4-6-13-46)15-9-10-43-22-33-51(34-23-43)56(53-37-32-45-11-7-8-14-50(45)39-53)52-35-24-44(25-36-52)38-55(48-28-18-41(2)19-29-48)49-30-20-42(3)21-31-49/h4-6,9-10,12-13,15-39H,7-8,11,14H2,1-3H3. The molecule has 0 atom stereocenters. The van der Waals surface area contributed by atoms with Crippen molar-refractivity contribution in [1.29, 1.82) is 0 Å². The quantitative estimate of drug-likeness (QED) is 0.100. The number of aryl methyl sites for hydroxylation is 5. The molecule has 0 N–H and O–H groups in total. The van der Waals surface area contributed by atoms with E-state index in [4.69, 9.17) is 0 Å². The molecule has 0 saturated carbocycles. The summed E-state index contributed by atoms with van der Waals surface area (Å²) in [6, 6.07) is 62.2. The highest BCUT2D eigenvalue weighted by Gasteiger charge is 2.17. The van der Waals surface area contributed by atoms with Crippen LogP contribution in [0, 0.1) is 20.8 Å². The molecule has 0 spiro atoms. The number of fused-ring (bicyclic) bond motifs is 1. The monoisotopic (exact) mass is 723 g/mol. The Morgan fingerprint density at radius 3 is 1.45 bits per heavy atom. The molecule has 0 aromatic heterocycles. The number of anilines is 3. The summed E-state index contributed by atoms with van der Waals surface area (Å²) in [4.78, 5) is 2.40. The molecule has 0 aliphatic heterocycles. The van der Waals surface area contributed by atoms with Crippen LogP contribution in [0.4, 0.5) is 17.1 Å². The molecule has 1 aliphatic rings. The Balaban J connectivity index is 1.12. The van der Waals surface area contributed by atoms with E-state index in [0.29, 0.717) is 0 Å². The van der Waals surface area contributed by atoms with Gasteiger partial charge < -0.3 is 4.90 Å². The topological polar surface area (TPSA) is 3.24 Å². The van der Waals surface area contributed by atoms with Crippen LogP contribution >= 0.6 is 0 Å². The molecule has 0 saturated heterocycles. The number of rotatable bonds is 10. The van der Waals surface area contributed by atoms with Crippen molar-refractivity contribution in [3.05, 3.63) is 243 Å². The molecule has 1 nitrogen and oxygen atoms in total. The summed E-state index contributed by atoms with van der Waals surface area (Å²) < 4.78 is 0. The average Bonchev–Trinajstić information content (AvgIpc) is 3.24. The molecular weight excluding hydrogens is 675 g/mol. The molecule has 0 heterocycles. The van der Waals surface area contributed by atoms with Gasteiger partial charge in [-0.2, -0.15) is 0 Å². The van der Waals surface area contributed by atoms with E-state index < -0.39 is 0 Å². The second kappa shape index (κ2) is 16.9. The third-order valence-corrected chi connectivity index (χ3v) is 10.9. The first kappa shape index (κ1) is 36.5. The van der Waals surface area contributed by atoms with E-state index in [1.165, 1.54) is 91.7 Å². The second-order valence-corrected chi connectivity index (χ2v) is 15.1. The maximum absolute atomic E-state index is 2.42. The highest BCUT2D eigenvalue weighted by Crippen LogP contribution is 2.38. The lowest BCUT2D eigenvalue weighted by Crippen LogP contribution is -2.12. The highest BCUT2D eigenvalue weighted by molar-refractivity contribution is 5.92. The van der Waals surface area contributed by atoms with Crippen LogP contribution in [0.25, 0.3) is 23.3 Å². The van der Waals surface area contributed by atoms with E-state index in [-0.39, 0.29) is 0 Å². The van der Waals surface area contributed by atoms with E-state index in [1.807, 2.05) is 0 Å². The fraction of sp³-hybridized carbons (Fsp3) is 0.127. The zero-order chi connectivity index (χ0) is 38.3. The SMILES string of the molecule is Cc1ccc(C(=CC=Cc2ccc(N(c3ccc(C=C(c4ccc(C)cc4)c4ccc(C)cc4)cc3)c3ccc4c(c3)CCCC4)cc2)c2ccccc2)cc1. The predicted molar refractivity (Wildman–Crippen MR) is 241 cm³/mol. The molecule has 0 radical (unpaired) electrons. The number of benzene rings is 7. The Morgan fingerprint density at radius 2 is 0.893 bits per heavy atom. The molecule has 7 aromatic rings. The first-order valence-electron chi connectivity index (χ1n) is 20.0. The van der Waals surface area contributed by atoms with Gasteiger partial charge in [0.25, 0.3) is 0 Å². The maximum atomic E-state index is 2.42. The normalized spacial score (nSPS) is 12.7. The first-order valence-corrected chi connectivity index (χ1v) is 20.0. The zero-order valence-corrected chi connectivity index (χ0v) is 32.8. The van der Waals surface area contributed by atoms with Gasteiger partial charge in [-0.1, -0.05) is 168 Å². The summed E-state index contributed by atoms with van der Waals surface area (Å²) in [7, 11) is 0. The van der Waals surface area contributed by atoms with E-state index in [0.717, 1.165) is 23.4 Å². The molecular formula is C55H49N. The molecule has 1 aliphatic carbocycles. The van der Waals surface area contributed by atoms with Gasteiger partial charge in [0.15, 0.2) is 0 Å². The number of hydrogen-bond acceptors (Lipinski definition) is 1. The minimum absolute atomic E-state index is 1.14. The molecule has 0 bridgehead atoms. The van der Waals surface area contributed by atoms with Crippen molar-refractivity contribution in [2.24, 2.45) is 0 Å². The lowest BCUT2D eigenvalue weighted by molar-refractivity contribution is 0.685. The molecule has 0 amide bonds. The maximum Gasteiger partial charge on any atom is 0.0464 e. The van der Waals surface area contributed by atoms with Crippen molar-refractivity contribution in [1.82, 2.24) is 0 Å². The van der Waals surface area contributed by atoms with Gasteiger partial charge in [-0.25, -0.2) is 0 Å². The minimum atomic E-state index is 1.14. The van der Waals surface area contributed by atoms with Crippen molar-refractivity contribution < 1.29 is 0 Å². The van der Waals surface area contributed by atoms with Crippen LogP contribution in [-0.2, 0) is 12.8 Å². The third kappa shape index (κ3) is 8.59. The highest BCUT2D eigenvalue weighted by atomic mass is 15.1. The van der Waals surface area contributed by atoms with Gasteiger partial charge >= 0.3 is 0 Å². The Labute approximate surface area is 333 Å². The van der Waals surface area contributed by atoms with Crippen LogP contribution in [0.3, 0.4) is 0 Å². The average molecular weight is 724 g/mol. The van der Waals surface area contributed by atoms with E-state index in [9.17, 15) is 0 Å². The zero-order valence-electron chi connectivity index (χ0n) is 32.8. The number of allylic oxidation sites excluding steroid dienone is 2. The molecule has 1 heteroatoms. The van der Waals surface area contributed by atoms with Crippen LogP contribution in [0.15, 0.2) is 182 Å². The van der Waals surface area contributed by atoms with Crippen molar-refractivity contribution in [3.8, 4) is 0 Å². The lowest BCUT2D eigenvalue weighted by Gasteiger charge is -2.27. The molecule has 7 aromatic carbocycles. The summed E-state index contributed by atoms with van der Waals surface area (Å²) >= 11 is 0. The molecule has 8 rings (SSSR count). The Morgan fingerprint density at radius 1 is 0.429 bits per heavy atom. The van der Waals surface area contributed by atoms with Crippen LogP contribution in [0.2, 0.25) is 0 Å². The van der Waals surface area contributed by atoms with Crippen LogP contribution < -0.4 is 4.90 Å². The van der Waals surface area contributed by atoms with Gasteiger partial charge in [-0.3, -0.25) is 0 Å².